The molecule has 0 aromatic rings. The van der Waals surface area contributed by atoms with Gasteiger partial charge in [-0.25, -0.2) is 0 Å². The number of hydrogen-bond donors (Lipinski definition) is 2. The van der Waals surface area contributed by atoms with Gasteiger partial charge in [-0.1, -0.05) is 0 Å². The summed E-state index contributed by atoms with van der Waals surface area (Å²) in [6, 6.07) is -0.626. The van der Waals surface area contributed by atoms with Crippen LogP contribution in [0.1, 0.15) is 26.7 Å². The zero-order chi connectivity index (χ0) is 12.3. The van der Waals surface area contributed by atoms with Crippen LogP contribution >= 0.6 is 0 Å². The molecule has 16 heavy (non-hydrogen) atoms. The molecule has 3 amide bonds. The lowest BCUT2D eigenvalue weighted by Crippen LogP contribution is -2.58. The van der Waals surface area contributed by atoms with Gasteiger partial charge in [-0.05, 0) is 20.3 Å². The van der Waals surface area contributed by atoms with Crippen molar-refractivity contribution in [3.05, 3.63) is 0 Å². The maximum absolute atomic E-state index is 11.7. The Balaban J connectivity index is 2.59. The van der Waals surface area contributed by atoms with Crippen molar-refractivity contribution in [1.29, 1.82) is 0 Å². The van der Waals surface area contributed by atoms with Crippen LogP contribution in [0.5, 0.6) is 0 Å². The number of aliphatic hydroxyl groups is 1. The standard InChI is InChI=1S/C10H16N2O4/c1-6(13)3-4-9(15)12-5-8(14)11-10(16)7(12)2/h6-7,13H,3-5H2,1-2H3,(H,11,14,16). The molecule has 1 saturated heterocycles. The maximum atomic E-state index is 11.7. The van der Waals surface area contributed by atoms with Crippen LogP contribution in [-0.4, -0.2) is 46.4 Å². The predicted octanol–water partition coefficient (Wildman–Crippen LogP) is -0.979. The number of carbonyl (C=O) groups excluding carboxylic acids is 3. The number of rotatable bonds is 3. The van der Waals surface area contributed by atoms with Crippen molar-refractivity contribution in [2.45, 2.75) is 38.8 Å². The van der Waals surface area contributed by atoms with Crippen molar-refractivity contribution in [2.24, 2.45) is 0 Å². The molecule has 1 aliphatic rings. The van der Waals surface area contributed by atoms with Crippen molar-refractivity contribution < 1.29 is 19.5 Å². The van der Waals surface area contributed by atoms with Crippen molar-refractivity contribution in [2.75, 3.05) is 6.54 Å². The van der Waals surface area contributed by atoms with E-state index in [4.69, 9.17) is 5.11 Å². The third-order valence-corrected chi connectivity index (χ3v) is 2.52. The topological polar surface area (TPSA) is 86.7 Å². The first kappa shape index (κ1) is 12.6. The van der Waals surface area contributed by atoms with E-state index in [1.54, 1.807) is 13.8 Å². The molecule has 0 saturated carbocycles. The maximum Gasteiger partial charge on any atom is 0.249 e. The molecule has 6 heteroatoms. The highest BCUT2D eigenvalue weighted by Gasteiger charge is 2.33. The molecule has 1 aliphatic heterocycles. The predicted molar refractivity (Wildman–Crippen MR) is 55.2 cm³/mol. The fourth-order valence-electron chi connectivity index (χ4n) is 1.49. The highest BCUT2D eigenvalue weighted by Crippen LogP contribution is 2.09. The molecule has 90 valence electrons. The van der Waals surface area contributed by atoms with Crippen molar-refractivity contribution >= 4 is 17.7 Å². The monoisotopic (exact) mass is 228 g/mol. The number of imide groups is 1. The first-order chi connectivity index (χ1) is 7.41. The lowest BCUT2D eigenvalue weighted by molar-refractivity contribution is -0.149. The molecule has 0 bridgehead atoms. The molecule has 2 unspecified atom stereocenters. The summed E-state index contributed by atoms with van der Waals surface area (Å²) in [7, 11) is 0. The summed E-state index contributed by atoms with van der Waals surface area (Å²) >= 11 is 0. The minimum Gasteiger partial charge on any atom is -0.393 e. The summed E-state index contributed by atoms with van der Waals surface area (Å²) in [5, 5.41) is 11.2. The van der Waals surface area contributed by atoms with E-state index in [0.29, 0.717) is 6.42 Å². The number of nitrogens with zero attached hydrogens (tertiary/aromatic N) is 1. The minimum atomic E-state index is -0.626. The Labute approximate surface area is 93.6 Å². The zero-order valence-electron chi connectivity index (χ0n) is 9.40. The lowest BCUT2D eigenvalue weighted by Gasteiger charge is -2.31. The van der Waals surface area contributed by atoms with Gasteiger partial charge in [0.1, 0.15) is 12.6 Å². The Bertz CT molecular complexity index is 314. The summed E-state index contributed by atoms with van der Waals surface area (Å²) in [4.78, 5) is 35.3. The van der Waals surface area contributed by atoms with E-state index in [1.165, 1.54) is 4.90 Å². The lowest BCUT2D eigenvalue weighted by atomic mass is 10.1. The SMILES string of the molecule is CC(O)CCC(=O)N1CC(=O)NC(=O)C1C. The molecular formula is C10H16N2O4. The van der Waals surface area contributed by atoms with E-state index in [9.17, 15) is 14.4 Å². The van der Waals surface area contributed by atoms with E-state index in [-0.39, 0.29) is 18.9 Å². The van der Waals surface area contributed by atoms with Crippen LogP contribution < -0.4 is 5.32 Å². The van der Waals surface area contributed by atoms with Crippen molar-refractivity contribution in [1.82, 2.24) is 10.2 Å². The molecule has 1 fully saturated rings. The number of nitrogens with one attached hydrogen (secondary N) is 1. The smallest absolute Gasteiger partial charge is 0.249 e. The zero-order valence-corrected chi connectivity index (χ0v) is 9.40. The Hall–Kier alpha value is -1.43. The molecular weight excluding hydrogens is 212 g/mol. The molecule has 0 aromatic heterocycles. The summed E-state index contributed by atoms with van der Waals surface area (Å²) < 4.78 is 0. The van der Waals surface area contributed by atoms with Gasteiger partial charge in [-0.15, -0.1) is 0 Å². The fourth-order valence-corrected chi connectivity index (χ4v) is 1.49. The highest BCUT2D eigenvalue weighted by molar-refractivity contribution is 6.04. The number of aliphatic hydroxyl groups excluding tert-OH is 1. The third kappa shape index (κ3) is 3.03. The van der Waals surface area contributed by atoms with Gasteiger partial charge in [-0.3, -0.25) is 19.7 Å². The minimum absolute atomic E-state index is 0.0917. The van der Waals surface area contributed by atoms with Gasteiger partial charge in [-0.2, -0.15) is 0 Å². The van der Waals surface area contributed by atoms with Gasteiger partial charge in [0.25, 0.3) is 0 Å². The molecule has 2 atom stereocenters. The average Bonchev–Trinajstić information content (AvgIpc) is 2.19. The Morgan fingerprint density at radius 3 is 2.81 bits per heavy atom. The van der Waals surface area contributed by atoms with Crippen LogP contribution in [0.25, 0.3) is 0 Å². The molecule has 1 rings (SSSR count). The Morgan fingerprint density at radius 1 is 1.62 bits per heavy atom. The van der Waals surface area contributed by atoms with E-state index in [1.807, 2.05) is 0 Å². The van der Waals surface area contributed by atoms with Gasteiger partial charge >= 0.3 is 0 Å². The fraction of sp³-hybridized carbons (Fsp3) is 0.700. The molecule has 6 nitrogen and oxygen atoms in total. The van der Waals surface area contributed by atoms with Crippen molar-refractivity contribution in [3.8, 4) is 0 Å². The van der Waals surface area contributed by atoms with Crippen LogP contribution in [0.3, 0.4) is 0 Å². The molecule has 2 N–H and O–H groups in total. The second-order valence-corrected chi connectivity index (χ2v) is 4.00. The van der Waals surface area contributed by atoms with Gasteiger partial charge in [0.2, 0.25) is 17.7 Å². The molecule has 0 spiro atoms. The van der Waals surface area contributed by atoms with Crippen LogP contribution in [0.15, 0.2) is 0 Å². The van der Waals surface area contributed by atoms with Crippen LogP contribution in [0, 0.1) is 0 Å². The highest BCUT2D eigenvalue weighted by atomic mass is 16.3. The second kappa shape index (κ2) is 5.07. The number of carbonyl (C=O) groups is 3. The molecule has 0 radical (unpaired) electrons. The molecule has 1 heterocycles. The van der Waals surface area contributed by atoms with Gasteiger partial charge in [0.05, 0.1) is 6.10 Å². The Kier molecular flexibility index (Phi) is 4.00. The first-order valence-corrected chi connectivity index (χ1v) is 5.23. The van der Waals surface area contributed by atoms with Crippen LogP contribution in [-0.2, 0) is 14.4 Å². The van der Waals surface area contributed by atoms with E-state index < -0.39 is 24.0 Å². The van der Waals surface area contributed by atoms with Gasteiger partial charge in [0, 0.05) is 6.42 Å². The number of amides is 3. The normalized spacial score (nSPS) is 22.9. The molecule has 0 aliphatic carbocycles. The quantitative estimate of drug-likeness (QED) is 0.608. The van der Waals surface area contributed by atoms with Gasteiger partial charge in [0.15, 0.2) is 0 Å². The largest absolute Gasteiger partial charge is 0.393 e. The summed E-state index contributed by atoms with van der Waals surface area (Å²) in [6.07, 6.45) is -0.0889. The second-order valence-electron chi connectivity index (χ2n) is 4.00. The van der Waals surface area contributed by atoms with Gasteiger partial charge < -0.3 is 10.0 Å². The van der Waals surface area contributed by atoms with Crippen molar-refractivity contribution in [3.63, 3.8) is 0 Å². The average molecular weight is 228 g/mol. The molecule has 0 aromatic carbocycles. The summed E-state index contributed by atoms with van der Waals surface area (Å²) in [5.74, 6) is -1.20. The summed E-state index contributed by atoms with van der Waals surface area (Å²) in [5.41, 5.74) is 0. The van der Waals surface area contributed by atoms with E-state index in [2.05, 4.69) is 5.32 Å². The summed E-state index contributed by atoms with van der Waals surface area (Å²) in [6.45, 7) is 3.07. The number of hydrogen-bond acceptors (Lipinski definition) is 4. The van der Waals surface area contributed by atoms with E-state index in [0.717, 1.165) is 0 Å². The van der Waals surface area contributed by atoms with Crippen LogP contribution in [0.2, 0.25) is 0 Å². The number of piperazine rings is 1. The first-order valence-electron chi connectivity index (χ1n) is 5.23. The van der Waals surface area contributed by atoms with E-state index >= 15 is 0 Å². The van der Waals surface area contributed by atoms with Crippen LogP contribution in [0.4, 0.5) is 0 Å². The Morgan fingerprint density at radius 2 is 2.25 bits per heavy atom. The third-order valence-electron chi connectivity index (χ3n) is 2.52.